The fourth-order valence-corrected chi connectivity index (χ4v) is 9.93. The molecule has 8 rings (SSSR count). The van der Waals surface area contributed by atoms with E-state index in [-0.39, 0.29) is 5.41 Å². The highest BCUT2D eigenvalue weighted by atomic mass is 16.3. The van der Waals surface area contributed by atoms with Gasteiger partial charge >= 0.3 is 0 Å². The molecule has 0 saturated heterocycles. The summed E-state index contributed by atoms with van der Waals surface area (Å²) in [4.78, 5) is 12.9. The first-order valence-electron chi connectivity index (χ1n) is 10.1. The van der Waals surface area contributed by atoms with E-state index in [1.54, 1.807) is 0 Å². The number of carbonyl (C=O) groups is 1. The topological polar surface area (TPSA) is 49.3 Å². The molecule has 8 saturated carbocycles. The molecular formula is C20H27NO2. The molecule has 0 aromatic rings. The van der Waals surface area contributed by atoms with Crippen LogP contribution >= 0.6 is 0 Å². The van der Waals surface area contributed by atoms with Gasteiger partial charge in [0.2, 0.25) is 5.91 Å². The first-order valence-corrected chi connectivity index (χ1v) is 10.1. The molecule has 8 aliphatic rings. The maximum atomic E-state index is 12.9. The number of rotatable bonds is 4. The predicted molar refractivity (Wildman–Crippen MR) is 84.1 cm³/mol. The Morgan fingerprint density at radius 3 is 2.13 bits per heavy atom. The number of aliphatic hydroxyl groups excluding tert-OH is 1. The van der Waals surface area contributed by atoms with Crippen LogP contribution in [-0.4, -0.2) is 24.2 Å². The van der Waals surface area contributed by atoms with Crippen molar-refractivity contribution in [3.63, 3.8) is 0 Å². The lowest BCUT2D eigenvalue weighted by molar-refractivity contribution is -0.644. The summed E-state index contributed by atoms with van der Waals surface area (Å²) >= 11 is 0. The minimum absolute atomic E-state index is 0.0865. The highest BCUT2D eigenvalue weighted by molar-refractivity contribution is 5.92. The molecule has 8 aliphatic carbocycles. The number of hydrogen-bond acceptors (Lipinski definition) is 2. The fraction of sp³-hybridized carbons (Fsp3) is 0.950. The molecule has 1 spiro atoms. The van der Waals surface area contributed by atoms with Crippen LogP contribution in [0.2, 0.25) is 0 Å². The van der Waals surface area contributed by atoms with E-state index >= 15 is 0 Å². The SMILES string of the molecule is O=C(NCC1CC2(CCCCC2)C1)C12C3C4C1C1C2C3C41CO. The molecule has 3 nitrogen and oxygen atoms in total. The van der Waals surface area contributed by atoms with Crippen molar-refractivity contribution < 1.29 is 9.90 Å². The molecule has 0 radical (unpaired) electrons. The standard InChI is InChI=1S/C20H27NO2/c22-9-19-11-14-12(19)16-13(19)15(11)20(14,16)17(23)21-8-10-6-18(7-10)4-2-1-3-5-18/h10-16,22H,1-9H2,(H,21,23). The molecule has 124 valence electrons. The van der Waals surface area contributed by atoms with Gasteiger partial charge in [-0.3, -0.25) is 4.79 Å². The Morgan fingerprint density at radius 2 is 1.57 bits per heavy atom. The molecular weight excluding hydrogens is 286 g/mol. The fourth-order valence-electron chi connectivity index (χ4n) is 9.93. The second kappa shape index (κ2) is 3.38. The van der Waals surface area contributed by atoms with Gasteiger partial charge in [-0.25, -0.2) is 0 Å². The van der Waals surface area contributed by atoms with Crippen molar-refractivity contribution in [2.45, 2.75) is 44.9 Å². The predicted octanol–water partition coefficient (Wildman–Crippen LogP) is 2.19. The number of aliphatic hydroxyl groups is 1. The maximum Gasteiger partial charge on any atom is 0.227 e. The van der Waals surface area contributed by atoms with E-state index in [2.05, 4.69) is 5.32 Å². The van der Waals surface area contributed by atoms with Crippen LogP contribution in [0.5, 0.6) is 0 Å². The number of hydrogen-bond donors (Lipinski definition) is 2. The van der Waals surface area contributed by atoms with Crippen LogP contribution in [0, 0.1) is 57.7 Å². The molecule has 0 aromatic heterocycles. The van der Waals surface area contributed by atoms with Crippen LogP contribution in [0.1, 0.15) is 44.9 Å². The van der Waals surface area contributed by atoms with Crippen LogP contribution in [0.4, 0.5) is 0 Å². The zero-order valence-corrected chi connectivity index (χ0v) is 13.8. The molecule has 8 fully saturated rings. The average Bonchev–Trinajstić information content (AvgIpc) is 2.58. The highest BCUT2D eigenvalue weighted by Gasteiger charge is 3.11. The summed E-state index contributed by atoms with van der Waals surface area (Å²) in [5, 5.41) is 13.0. The van der Waals surface area contributed by atoms with Crippen LogP contribution in [0.15, 0.2) is 0 Å². The first-order chi connectivity index (χ1) is 11.2. The largest absolute Gasteiger partial charge is 0.396 e. The van der Waals surface area contributed by atoms with Crippen molar-refractivity contribution in [3.8, 4) is 0 Å². The third-order valence-electron chi connectivity index (χ3n) is 10.4. The molecule has 0 aromatic carbocycles. The van der Waals surface area contributed by atoms with Crippen molar-refractivity contribution in [1.82, 2.24) is 5.32 Å². The number of amides is 1. The summed E-state index contributed by atoms with van der Waals surface area (Å²) in [5.41, 5.74) is 1.11. The Hall–Kier alpha value is -0.570. The monoisotopic (exact) mass is 313 g/mol. The van der Waals surface area contributed by atoms with Crippen molar-refractivity contribution in [2.24, 2.45) is 57.7 Å². The Bertz CT molecular complexity index is 572. The summed E-state index contributed by atoms with van der Waals surface area (Å²) in [7, 11) is 0. The van der Waals surface area contributed by atoms with Crippen LogP contribution in [0.25, 0.3) is 0 Å². The molecule has 0 unspecified atom stereocenters. The lowest BCUT2D eigenvalue weighted by atomic mass is 8.92. The smallest absolute Gasteiger partial charge is 0.227 e. The van der Waals surface area contributed by atoms with Crippen LogP contribution < -0.4 is 5.32 Å². The molecule has 2 N–H and O–H groups in total. The van der Waals surface area contributed by atoms with Gasteiger partial charge < -0.3 is 10.4 Å². The molecule has 23 heavy (non-hydrogen) atoms. The summed E-state index contributed by atoms with van der Waals surface area (Å²) in [6, 6.07) is 0. The van der Waals surface area contributed by atoms with Gasteiger partial charge in [0.05, 0.1) is 5.41 Å². The Labute approximate surface area is 137 Å². The van der Waals surface area contributed by atoms with Crippen LogP contribution in [-0.2, 0) is 4.79 Å². The summed E-state index contributed by atoms with van der Waals surface area (Å²) in [6.45, 7) is 1.35. The lowest BCUT2D eigenvalue weighted by Crippen LogP contribution is -3.11. The normalized spacial score (nSPS) is 61.1. The third kappa shape index (κ3) is 0.927. The molecule has 1 amide bonds. The molecule has 0 atom stereocenters. The quantitative estimate of drug-likeness (QED) is 0.836. The van der Waals surface area contributed by atoms with Gasteiger partial charge in [-0.2, -0.15) is 0 Å². The zero-order chi connectivity index (χ0) is 15.2. The van der Waals surface area contributed by atoms with E-state index in [1.165, 1.54) is 44.9 Å². The Balaban J connectivity index is 0.983. The molecule has 0 aliphatic heterocycles. The lowest BCUT2D eigenvalue weighted by Gasteiger charge is -3.10. The Morgan fingerprint density at radius 1 is 0.957 bits per heavy atom. The second-order valence-electron chi connectivity index (χ2n) is 10.4. The van der Waals surface area contributed by atoms with E-state index in [0.717, 1.165) is 30.2 Å². The van der Waals surface area contributed by atoms with E-state index in [0.29, 0.717) is 41.1 Å². The zero-order valence-electron chi connectivity index (χ0n) is 13.8. The maximum absolute atomic E-state index is 12.9. The third-order valence-corrected chi connectivity index (χ3v) is 10.4. The summed E-state index contributed by atoms with van der Waals surface area (Å²) in [5.74, 6) is 5.44. The van der Waals surface area contributed by atoms with E-state index in [9.17, 15) is 9.90 Å². The van der Waals surface area contributed by atoms with E-state index < -0.39 is 0 Å². The van der Waals surface area contributed by atoms with Gasteiger partial charge in [-0.15, -0.1) is 0 Å². The average molecular weight is 313 g/mol. The minimum Gasteiger partial charge on any atom is -0.396 e. The van der Waals surface area contributed by atoms with Crippen molar-refractivity contribution in [3.05, 3.63) is 0 Å². The van der Waals surface area contributed by atoms with Crippen molar-refractivity contribution in [2.75, 3.05) is 13.2 Å². The van der Waals surface area contributed by atoms with Gasteiger partial charge in [0.1, 0.15) is 0 Å². The molecule has 3 heteroatoms. The van der Waals surface area contributed by atoms with Crippen molar-refractivity contribution in [1.29, 1.82) is 0 Å². The number of nitrogens with one attached hydrogen (secondary N) is 1. The van der Waals surface area contributed by atoms with Gasteiger partial charge in [-0.05, 0) is 72.5 Å². The Kier molecular flexibility index (Phi) is 1.87. The van der Waals surface area contributed by atoms with Gasteiger partial charge in [-0.1, -0.05) is 19.3 Å². The minimum atomic E-state index is 0.0865. The highest BCUT2D eigenvalue weighted by Crippen LogP contribution is 3.10. The molecule has 0 heterocycles. The van der Waals surface area contributed by atoms with Gasteiger partial charge in [0.25, 0.3) is 0 Å². The van der Waals surface area contributed by atoms with Gasteiger partial charge in [0, 0.05) is 18.6 Å². The van der Waals surface area contributed by atoms with E-state index in [1.807, 2.05) is 0 Å². The summed E-state index contributed by atoms with van der Waals surface area (Å²) < 4.78 is 0. The van der Waals surface area contributed by atoms with Gasteiger partial charge in [0.15, 0.2) is 0 Å². The molecule has 0 bridgehead atoms. The van der Waals surface area contributed by atoms with Crippen LogP contribution in [0.3, 0.4) is 0 Å². The summed E-state index contributed by atoms with van der Waals surface area (Å²) in [6.07, 6.45) is 9.95. The second-order valence-corrected chi connectivity index (χ2v) is 10.4. The number of carbonyl (C=O) groups excluding carboxylic acids is 1. The van der Waals surface area contributed by atoms with E-state index in [4.69, 9.17) is 0 Å². The first kappa shape index (κ1) is 12.7. The van der Waals surface area contributed by atoms with Crippen molar-refractivity contribution >= 4 is 5.91 Å².